The predicted molar refractivity (Wildman–Crippen MR) is 102 cm³/mol. The number of aryl methyl sites for hydroxylation is 1. The third-order valence-corrected chi connectivity index (χ3v) is 4.79. The van der Waals surface area contributed by atoms with Crippen LogP contribution < -0.4 is 5.32 Å². The van der Waals surface area contributed by atoms with E-state index in [2.05, 4.69) is 29.4 Å². The summed E-state index contributed by atoms with van der Waals surface area (Å²) in [4.78, 5) is 12.3. The number of amides is 1. The van der Waals surface area contributed by atoms with Crippen molar-refractivity contribution in [2.75, 3.05) is 24.8 Å². The SMILES string of the molecule is COCCn1c(SCC(=O)Nc2cc(Cl)ccc2C)nnc1C(C)C. The van der Waals surface area contributed by atoms with E-state index in [1.807, 2.05) is 17.6 Å². The minimum absolute atomic E-state index is 0.109. The van der Waals surface area contributed by atoms with Crippen LogP contribution in [0.5, 0.6) is 0 Å². The standard InChI is InChI=1S/C17H23ClN4O2S/c1-11(2)16-20-21-17(22(16)7-8-24-4)25-10-15(23)19-14-9-13(18)6-5-12(14)3/h5-6,9,11H,7-8,10H2,1-4H3,(H,19,23). The number of thioether (sulfide) groups is 1. The normalized spacial score (nSPS) is 11.1. The molecule has 0 radical (unpaired) electrons. The van der Waals surface area contributed by atoms with Crippen molar-refractivity contribution in [3.63, 3.8) is 0 Å². The molecule has 0 unspecified atom stereocenters. The van der Waals surface area contributed by atoms with Crippen molar-refractivity contribution in [1.82, 2.24) is 14.8 Å². The predicted octanol–water partition coefficient (Wildman–Crippen LogP) is 3.74. The Morgan fingerprint density at radius 3 is 2.84 bits per heavy atom. The quantitative estimate of drug-likeness (QED) is 0.704. The maximum Gasteiger partial charge on any atom is 0.234 e. The van der Waals surface area contributed by atoms with Gasteiger partial charge in [-0.05, 0) is 24.6 Å². The highest BCUT2D eigenvalue weighted by atomic mass is 35.5. The van der Waals surface area contributed by atoms with Gasteiger partial charge in [-0.2, -0.15) is 0 Å². The summed E-state index contributed by atoms with van der Waals surface area (Å²) in [6.45, 7) is 7.29. The Balaban J connectivity index is 2.02. The summed E-state index contributed by atoms with van der Waals surface area (Å²) in [5.74, 6) is 1.28. The second-order valence-electron chi connectivity index (χ2n) is 5.94. The fourth-order valence-corrected chi connectivity index (χ4v) is 3.22. The average Bonchev–Trinajstić information content (AvgIpc) is 2.97. The van der Waals surface area contributed by atoms with Gasteiger partial charge in [0.2, 0.25) is 5.91 Å². The van der Waals surface area contributed by atoms with Gasteiger partial charge in [0.15, 0.2) is 5.16 Å². The van der Waals surface area contributed by atoms with Crippen LogP contribution in [0.3, 0.4) is 0 Å². The van der Waals surface area contributed by atoms with Gasteiger partial charge in [-0.15, -0.1) is 10.2 Å². The second-order valence-corrected chi connectivity index (χ2v) is 7.31. The van der Waals surface area contributed by atoms with E-state index in [0.29, 0.717) is 18.2 Å². The third-order valence-electron chi connectivity index (χ3n) is 3.59. The van der Waals surface area contributed by atoms with Gasteiger partial charge in [-0.1, -0.05) is 43.3 Å². The number of anilines is 1. The Kier molecular flexibility index (Phi) is 7.28. The number of halogens is 1. The number of hydrogen-bond donors (Lipinski definition) is 1. The van der Waals surface area contributed by atoms with Gasteiger partial charge in [0, 0.05) is 30.3 Å². The number of ether oxygens (including phenoxy) is 1. The average molecular weight is 383 g/mol. The second kappa shape index (κ2) is 9.22. The summed E-state index contributed by atoms with van der Waals surface area (Å²) >= 11 is 7.35. The van der Waals surface area contributed by atoms with Crippen molar-refractivity contribution < 1.29 is 9.53 Å². The summed E-state index contributed by atoms with van der Waals surface area (Å²) in [5, 5.41) is 12.7. The molecular weight excluding hydrogens is 360 g/mol. The first-order valence-corrected chi connectivity index (χ1v) is 9.39. The summed E-state index contributed by atoms with van der Waals surface area (Å²) in [7, 11) is 1.66. The third kappa shape index (κ3) is 5.45. The van der Waals surface area contributed by atoms with Gasteiger partial charge in [-0.25, -0.2) is 0 Å². The van der Waals surface area contributed by atoms with E-state index in [4.69, 9.17) is 16.3 Å². The van der Waals surface area contributed by atoms with Crippen LogP contribution in [0.15, 0.2) is 23.4 Å². The number of rotatable bonds is 8. The smallest absolute Gasteiger partial charge is 0.234 e. The number of methoxy groups -OCH3 is 1. The summed E-state index contributed by atoms with van der Waals surface area (Å²) in [6.07, 6.45) is 0. The van der Waals surface area contributed by atoms with Gasteiger partial charge >= 0.3 is 0 Å². The molecule has 0 aliphatic carbocycles. The summed E-state index contributed by atoms with van der Waals surface area (Å²) < 4.78 is 7.17. The molecule has 136 valence electrons. The van der Waals surface area contributed by atoms with Gasteiger partial charge in [0.25, 0.3) is 0 Å². The van der Waals surface area contributed by atoms with Gasteiger partial charge in [-0.3, -0.25) is 4.79 Å². The molecule has 8 heteroatoms. The van der Waals surface area contributed by atoms with E-state index in [1.165, 1.54) is 11.8 Å². The number of aromatic nitrogens is 3. The molecule has 2 aromatic rings. The zero-order valence-electron chi connectivity index (χ0n) is 14.9. The van der Waals surface area contributed by atoms with Crippen LogP contribution in [-0.4, -0.2) is 40.1 Å². The molecule has 2 rings (SSSR count). The Labute approximate surface area is 157 Å². The fraction of sp³-hybridized carbons (Fsp3) is 0.471. The Morgan fingerprint density at radius 2 is 2.16 bits per heavy atom. The zero-order valence-corrected chi connectivity index (χ0v) is 16.4. The fourth-order valence-electron chi connectivity index (χ4n) is 2.27. The van der Waals surface area contributed by atoms with Crippen molar-refractivity contribution in [1.29, 1.82) is 0 Å². The number of carbonyl (C=O) groups excluding carboxylic acids is 1. The number of nitrogens with one attached hydrogen (secondary N) is 1. The number of benzene rings is 1. The minimum Gasteiger partial charge on any atom is -0.383 e. The van der Waals surface area contributed by atoms with E-state index in [-0.39, 0.29) is 17.6 Å². The van der Waals surface area contributed by atoms with E-state index >= 15 is 0 Å². The van der Waals surface area contributed by atoms with E-state index in [0.717, 1.165) is 22.2 Å². The van der Waals surface area contributed by atoms with Crippen molar-refractivity contribution in [3.05, 3.63) is 34.6 Å². The van der Waals surface area contributed by atoms with Gasteiger partial charge in [0.05, 0.1) is 12.4 Å². The van der Waals surface area contributed by atoms with E-state index < -0.39 is 0 Å². The Morgan fingerprint density at radius 1 is 1.40 bits per heavy atom. The lowest BCUT2D eigenvalue weighted by Crippen LogP contribution is -2.16. The van der Waals surface area contributed by atoms with Crippen LogP contribution in [0.4, 0.5) is 5.69 Å². The first-order valence-electron chi connectivity index (χ1n) is 8.03. The molecule has 0 bridgehead atoms. The van der Waals surface area contributed by atoms with E-state index in [9.17, 15) is 4.79 Å². The molecule has 0 aliphatic rings. The summed E-state index contributed by atoms with van der Waals surface area (Å²) in [5.41, 5.74) is 1.69. The van der Waals surface area contributed by atoms with Crippen LogP contribution in [0, 0.1) is 6.92 Å². The molecule has 0 saturated heterocycles. The molecule has 0 spiro atoms. The van der Waals surface area contributed by atoms with Crippen molar-refractivity contribution in [2.45, 2.75) is 38.4 Å². The van der Waals surface area contributed by atoms with Crippen LogP contribution in [0.1, 0.15) is 31.2 Å². The molecule has 1 amide bonds. The first kappa shape index (κ1) is 19.8. The van der Waals surface area contributed by atoms with Gasteiger partial charge < -0.3 is 14.6 Å². The molecule has 1 N–H and O–H groups in total. The van der Waals surface area contributed by atoms with Crippen molar-refractivity contribution in [3.8, 4) is 0 Å². The zero-order chi connectivity index (χ0) is 18.4. The van der Waals surface area contributed by atoms with Crippen LogP contribution in [0.2, 0.25) is 5.02 Å². The first-order chi connectivity index (χ1) is 11.9. The lowest BCUT2D eigenvalue weighted by molar-refractivity contribution is -0.113. The number of carbonyl (C=O) groups is 1. The summed E-state index contributed by atoms with van der Waals surface area (Å²) in [6, 6.07) is 5.42. The highest BCUT2D eigenvalue weighted by molar-refractivity contribution is 7.99. The topological polar surface area (TPSA) is 69.0 Å². The lowest BCUT2D eigenvalue weighted by atomic mass is 10.2. The van der Waals surface area contributed by atoms with E-state index in [1.54, 1.807) is 19.2 Å². The molecule has 6 nitrogen and oxygen atoms in total. The molecule has 0 aliphatic heterocycles. The molecular formula is C17H23ClN4O2S. The van der Waals surface area contributed by atoms with Crippen LogP contribution >= 0.6 is 23.4 Å². The Bertz CT molecular complexity index is 733. The van der Waals surface area contributed by atoms with Gasteiger partial charge in [0.1, 0.15) is 5.82 Å². The van der Waals surface area contributed by atoms with Crippen molar-refractivity contribution >= 4 is 35.0 Å². The lowest BCUT2D eigenvalue weighted by Gasteiger charge is -2.12. The maximum absolute atomic E-state index is 12.3. The monoisotopic (exact) mass is 382 g/mol. The Hall–Kier alpha value is -1.57. The number of hydrogen-bond acceptors (Lipinski definition) is 5. The molecule has 1 heterocycles. The number of nitrogens with zero attached hydrogens (tertiary/aromatic N) is 3. The molecule has 1 aromatic heterocycles. The molecule has 0 atom stereocenters. The molecule has 0 saturated carbocycles. The highest BCUT2D eigenvalue weighted by Gasteiger charge is 2.16. The van der Waals surface area contributed by atoms with Crippen molar-refractivity contribution in [2.24, 2.45) is 0 Å². The molecule has 1 aromatic carbocycles. The van der Waals surface area contributed by atoms with Crippen LogP contribution in [-0.2, 0) is 16.1 Å². The minimum atomic E-state index is -0.109. The molecule has 25 heavy (non-hydrogen) atoms. The molecule has 0 fully saturated rings. The maximum atomic E-state index is 12.3. The van der Waals surface area contributed by atoms with Crippen LogP contribution in [0.25, 0.3) is 0 Å². The highest BCUT2D eigenvalue weighted by Crippen LogP contribution is 2.23. The largest absolute Gasteiger partial charge is 0.383 e.